The van der Waals surface area contributed by atoms with Gasteiger partial charge in [0.1, 0.15) is 0 Å². The summed E-state index contributed by atoms with van der Waals surface area (Å²) in [7, 11) is 1.59. The second kappa shape index (κ2) is 7.26. The lowest BCUT2D eigenvalue weighted by Crippen LogP contribution is -2.47. The zero-order valence-electron chi connectivity index (χ0n) is 13.5. The van der Waals surface area contributed by atoms with E-state index in [0.29, 0.717) is 24.9 Å². The standard InChI is InChI=1S/C17H22N2O4/c1-12-6-3-4-8-14(12)16(21)18(2)11-15(20)19-9-5-7-13(10-19)17(22)23/h3-4,6,8,13H,5,7,9-11H2,1-2H3,(H,22,23). The molecule has 0 bridgehead atoms. The Balaban J connectivity index is 1.98. The Bertz CT molecular complexity index is 614. The van der Waals surface area contributed by atoms with Crippen LogP contribution in [0.25, 0.3) is 0 Å². The minimum atomic E-state index is -0.869. The van der Waals surface area contributed by atoms with E-state index < -0.39 is 11.9 Å². The number of piperidine rings is 1. The molecule has 2 rings (SSSR count). The molecule has 1 aromatic carbocycles. The van der Waals surface area contributed by atoms with Gasteiger partial charge in [0.25, 0.3) is 5.91 Å². The van der Waals surface area contributed by atoms with Crippen LogP contribution in [0.15, 0.2) is 24.3 Å². The summed E-state index contributed by atoms with van der Waals surface area (Å²) in [6.07, 6.45) is 1.27. The normalized spacial score (nSPS) is 17.7. The van der Waals surface area contributed by atoms with Crippen molar-refractivity contribution in [3.8, 4) is 0 Å². The van der Waals surface area contributed by atoms with Gasteiger partial charge in [0.05, 0.1) is 12.5 Å². The molecule has 1 atom stereocenters. The number of carbonyl (C=O) groups is 3. The number of benzene rings is 1. The number of aryl methyl sites for hydroxylation is 1. The van der Waals surface area contributed by atoms with Gasteiger partial charge in [-0.3, -0.25) is 14.4 Å². The molecule has 6 heteroatoms. The van der Waals surface area contributed by atoms with E-state index in [2.05, 4.69) is 0 Å². The van der Waals surface area contributed by atoms with Gasteiger partial charge in [-0.25, -0.2) is 0 Å². The molecule has 1 aliphatic rings. The number of aliphatic carboxylic acids is 1. The van der Waals surface area contributed by atoms with Crippen LogP contribution in [-0.2, 0) is 9.59 Å². The topological polar surface area (TPSA) is 77.9 Å². The first-order chi connectivity index (χ1) is 10.9. The predicted octanol–water partition coefficient (Wildman–Crippen LogP) is 1.39. The number of likely N-dealkylation sites (N-methyl/N-ethyl adjacent to an activating group) is 1. The highest BCUT2D eigenvalue weighted by Gasteiger charge is 2.29. The zero-order chi connectivity index (χ0) is 17.0. The first-order valence-corrected chi connectivity index (χ1v) is 7.72. The maximum atomic E-state index is 12.4. The van der Waals surface area contributed by atoms with Gasteiger partial charge in [0.15, 0.2) is 0 Å². The van der Waals surface area contributed by atoms with Gasteiger partial charge in [0, 0.05) is 25.7 Å². The summed E-state index contributed by atoms with van der Waals surface area (Å²) in [6, 6.07) is 7.24. The molecule has 2 amide bonds. The number of hydrogen-bond donors (Lipinski definition) is 1. The van der Waals surface area contributed by atoms with Crippen molar-refractivity contribution in [3.05, 3.63) is 35.4 Å². The van der Waals surface area contributed by atoms with Crippen molar-refractivity contribution < 1.29 is 19.5 Å². The number of carboxylic acids is 1. The SMILES string of the molecule is Cc1ccccc1C(=O)N(C)CC(=O)N1CCCC(C(=O)O)C1. The predicted molar refractivity (Wildman–Crippen MR) is 85.1 cm³/mol. The highest BCUT2D eigenvalue weighted by molar-refractivity contribution is 5.97. The van der Waals surface area contributed by atoms with Gasteiger partial charge in [0.2, 0.25) is 5.91 Å². The average molecular weight is 318 g/mol. The number of hydrogen-bond acceptors (Lipinski definition) is 3. The lowest BCUT2D eigenvalue weighted by molar-refractivity contribution is -0.145. The molecular formula is C17H22N2O4. The van der Waals surface area contributed by atoms with Crippen LogP contribution in [0.1, 0.15) is 28.8 Å². The quantitative estimate of drug-likeness (QED) is 0.910. The molecule has 1 aliphatic heterocycles. The summed E-state index contributed by atoms with van der Waals surface area (Å²) in [5.74, 6) is -1.79. The number of likely N-dealkylation sites (tertiary alicyclic amines) is 1. The van der Waals surface area contributed by atoms with Gasteiger partial charge in [-0.1, -0.05) is 18.2 Å². The van der Waals surface area contributed by atoms with E-state index in [1.807, 2.05) is 19.1 Å². The second-order valence-electron chi connectivity index (χ2n) is 5.99. The van der Waals surface area contributed by atoms with Gasteiger partial charge in [-0.15, -0.1) is 0 Å². The smallest absolute Gasteiger partial charge is 0.308 e. The summed E-state index contributed by atoms with van der Waals surface area (Å²) in [5.41, 5.74) is 1.44. The van der Waals surface area contributed by atoms with Gasteiger partial charge < -0.3 is 14.9 Å². The Morgan fingerprint density at radius 3 is 2.65 bits per heavy atom. The lowest BCUT2D eigenvalue weighted by Gasteiger charge is -2.32. The Morgan fingerprint density at radius 2 is 2.00 bits per heavy atom. The summed E-state index contributed by atoms with van der Waals surface area (Å²) < 4.78 is 0. The van der Waals surface area contributed by atoms with Crippen molar-refractivity contribution in [2.24, 2.45) is 5.92 Å². The Morgan fingerprint density at radius 1 is 1.30 bits per heavy atom. The van der Waals surface area contributed by atoms with E-state index in [1.54, 1.807) is 24.1 Å². The fourth-order valence-corrected chi connectivity index (χ4v) is 2.80. The molecular weight excluding hydrogens is 296 g/mol. The molecule has 0 radical (unpaired) electrons. The van der Waals surface area contributed by atoms with Gasteiger partial charge in [-0.2, -0.15) is 0 Å². The Labute approximate surface area is 135 Å². The maximum Gasteiger partial charge on any atom is 0.308 e. The molecule has 6 nitrogen and oxygen atoms in total. The highest BCUT2D eigenvalue weighted by Crippen LogP contribution is 2.17. The molecule has 23 heavy (non-hydrogen) atoms. The second-order valence-corrected chi connectivity index (χ2v) is 5.99. The molecule has 1 fully saturated rings. The minimum absolute atomic E-state index is 0.0422. The molecule has 0 aliphatic carbocycles. The number of carboxylic acid groups (broad SMARTS) is 1. The summed E-state index contributed by atoms with van der Waals surface area (Å²) in [4.78, 5) is 38.8. The molecule has 1 heterocycles. The van der Waals surface area contributed by atoms with Crippen molar-refractivity contribution in [2.45, 2.75) is 19.8 Å². The van der Waals surface area contributed by atoms with Crippen LogP contribution in [0.3, 0.4) is 0 Å². The van der Waals surface area contributed by atoms with Crippen molar-refractivity contribution >= 4 is 17.8 Å². The zero-order valence-corrected chi connectivity index (χ0v) is 13.5. The van der Waals surface area contributed by atoms with E-state index in [4.69, 9.17) is 5.11 Å². The Hall–Kier alpha value is -2.37. The molecule has 0 saturated carbocycles. The van der Waals surface area contributed by atoms with Gasteiger partial charge in [-0.05, 0) is 31.4 Å². The first kappa shape index (κ1) is 17.0. The fraction of sp³-hybridized carbons (Fsp3) is 0.471. The number of carbonyl (C=O) groups excluding carboxylic acids is 2. The number of amides is 2. The number of nitrogens with zero attached hydrogens (tertiary/aromatic N) is 2. The van der Waals surface area contributed by atoms with Crippen LogP contribution in [0.4, 0.5) is 0 Å². The van der Waals surface area contributed by atoms with Crippen LogP contribution in [0.2, 0.25) is 0 Å². The van der Waals surface area contributed by atoms with Crippen LogP contribution < -0.4 is 0 Å². The fourth-order valence-electron chi connectivity index (χ4n) is 2.80. The van der Waals surface area contributed by atoms with E-state index in [9.17, 15) is 14.4 Å². The van der Waals surface area contributed by atoms with Crippen LogP contribution >= 0.6 is 0 Å². The maximum absolute atomic E-state index is 12.4. The van der Waals surface area contributed by atoms with Crippen LogP contribution in [-0.4, -0.2) is 59.4 Å². The third kappa shape index (κ3) is 4.09. The van der Waals surface area contributed by atoms with E-state index in [0.717, 1.165) is 5.56 Å². The van der Waals surface area contributed by atoms with Crippen LogP contribution in [0.5, 0.6) is 0 Å². The third-order valence-electron chi connectivity index (χ3n) is 4.22. The molecule has 124 valence electrons. The molecule has 0 spiro atoms. The summed E-state index contributed by atoms with van der Waals surface area (Å²) in [6.45, 7) is 2.58. The van der Waals surface area contributed by atoms with Gasteiger partial charge >= 0.3 is 5.97 Å². The molecule has 1 N–H and O–H groups in total. The molecule has 0 aromatic heterocycles. The largest absolute Gasteiger partial charge is 0.481 e. The third-order valence-corrected chi connectivity index (χ3v) is 4.22. The van der Waals surface area contributed by atoms with Crippen LogP contribution in [0, 0.1) is 12.8 Å². The summed E-state index contributed by atoms with van der Waals surface area (Å²) >= 11 is 0. The first-order valence-electron chi connectivity index (χ1n) is 7.72. The van der Waals surface area contributed by atoms with Crippen molar-refractivity contribution in [1.29, 1.82) is 0 Å². The monoisotopic (exact) mass is 318 g/mol. The Kier molecular flexibility index (Phi) is 5.36. The van der Waals surface area contributed by atoms with Crippen molar-refractivity contribution in [1.82, 2.24) is 9.80 Å². The van der Waals surface area contributed by atoms with E-state index in [-0.39, 0.29) is 24.9 Å². The molecule has 1 saturated heterocycles. The molecule has 1 aromatic rings. The lowest BCUT2D eigenvalue weighted by atomic mass is 9.98. The van der Waals surface area contributed by atoms with Crippen molar-refractivity contribution in [3.63, 3.8) is 0 Å². The minimum Gasteiger partial charge on any atom is -0.481 e. The number of rotatable bonds is 4. The van der Waals surface area contributed by atoms with E-state index in [1.165, 1.54) is 4.90 Å². The summed E-state index contributed by atoms with van der Waals surface area (Å²) in [5, 5.41) is 9.08. The van der Waals surface area contributed by atoms with E-state index >= 15 is 0 Å². The highest BCUT2D eigenvalue weighted by atomic mass is 16.4. The average Bonchev–Trinajstić information content (AvgIpc) is 2.54. The van der Waals surface area contributed by atoms with Crippen molar-refractivity contribution in [2.75, 3.05) is 26.7 Å². The molecule has 1 unspecified atom stereocenters.